The fourth-order valence-corrected chi connectivity index (χ4v) is 8.98. The first kappa shape index (κ1) is 16.2. The Balaban J connectivity index is 1.47. The monoisotopic (exact) mass is 346 g/mol. The van der Waals surface area contributed by atoms with Gasteiger partial charge in [0, 0.05) is 10.5 Å². The molecule has 1 N–H and O–H groups in total. The number of aliphatic hydroxyl groups is 1. The van der Waals surface area contributed by atoms with Gasteiger partial charge in [-0.15, -0.1) is 0 Å². The molecule has 3 saturated carbocycles. The number of hydrogen-bond donors (Lipinski definition) is 1. The van der Waals surface area contributed by atoms with Crippen molar-refractivity contribution in [1.82, 2.24) is 0 Å². The number of thioether (sulfide) groups is 1. The Morgan fingerprint density at radius 3 is 2.58 bits per heavy atom. The molecule has 1 aliphatic heterocycles. The second-order valence-corrected chi connectivity index (χ2v) is 11.9. The van der Waals surface area contributed by atoms with E-state index in [1.165, 1.54) is 44.3 Å². The van der Waals surface area contributed by atoms with Crippen molar-refractivity contribution in [2.24, 2.45) is 34.5 Å². The molecule has 5 aliphatic rings. The van der Waals surface area contributed by atoms with E-state index in [9.17, 15) is 5.11 Å². The van der Waals surface area contributed by atoms with Gasteiger partial charge < -0.3 is 5.11 Å². The normalized spacial score (nSPS) is 59.2. The highest BCUT2D eigenvalue weighted by Crippen LogP contribution is 2.71. The first-order chi connectivity index (χ1) is 11.4. The van der Waals surface area contributed by atoms with Crippen molar-refractivity contribution < 1.29 is 5.11 Å². The summed E-state index contributed by atoms with van der Waals surface area (Å²) in [7, 11) is 0. The molecule has 0 aromatic carbocycles. The van der Waals surface area contributed by atoms with Gasteiger partial charge in [0.1, 0.15) is 0 Å². The van der Waals surface area contributed by atoms with Gasteiger partial charge in [0.05, 0.1) is 6.10 Å². The predicted octanol–water partition coefficient (Wildman–Crippen LogP) is 5.43. The van der Waals surface area contributed by atoms with E-state index in [0.29, 0.717) is 15.6 Å². The van der Waals surface area contributed by atoms with E-state index in [2.05, 4.69) is 38.6 Å². The maximum absolute atomic E-state index is 10.1. The van der Waals surface area contributed by atoms with Crippen molar-refractivity contribution in [3.05, 3.63) is 11.6 Å². The molecule has 24 heavy (non-hydrogen) atoms. The maximum Gasteiger partial charge on any atom is 0.0577 e. The largest absolute Gasteiger partial charge is 0.393 e. The smallest absolute Gasteiger partial charge is 0.0577 e. The van der Waals surface area contributed by atoms with Gasteiger partial charge in [-0.1, -0.05) is 25.5 Å². The molecule has 0 spiro atoms. The topological polar surface area (TPSA) is 20.2 Å². The zero-order valence-corrected chi connectivity index (χ0v) is 16.5. The third-order valence-corrected chi connectivity index (χ3v) is 10.9. The molecule has 4 aliphatic carbocycles. The van der Waals surface area contributed by atoms with Crippen molar-refractivity contribution in [1.29, 1.82) is 0 Å². The van der Waals surface area contributed by atoms with Gasteiger partial charge in [-0.05, 0) is 92.8 Å². The first-order valence-electron chi connectivity index (χ1n) is 10.4. The van der Waals surface area contributed by atoms with Crippen LogP contribution in [-0.4, -0.2) is 21.7 Å². The van der Waals surface area contributed by atoms with Gasteiger partial charge in [-0.25, -0.2) is 0 Å². The van der Waals surface area contributed by atoms with Crippen molar-refractivity contribution in [3.63, 3.8) is 0 Å². The minimum Gasteiger partial charge on any atom is -0.393 e. The van der Waals surface area contributed by atoms with Gasteiger partial charge in [0.2, 0.25) is 0 Å². The molecule has 1 heterocycles. The van der Waals surface area contributed by atoms with Crippen LogP contribution in [0.4, 0.5) is 0 Å². The van der Waals surface area contributed by atoms with Crippen LogP contribution in [0.5, 0.6) is 0 Å². The zero-order valence-electron chi connectivity index (χ0n) is 15.7. The minimum atomic E-state index is -0.0718. The van der Waals surface area contributed by atoms with Crippen molar-refractivity contribution >= 4 is 11.8 Å². The summed E-state index contributed by atoms with van der Waals surface area (Å²) in [5, 5.41) is 10.1. The summed E-state index contributed by atoms with van der Waals surface area (Å²) in [6.45, 7) is 7.77. The molecule has 0 unspecified atom stereocenters. The molecule has 4 fully saturated rings. The van der Waals surface area contributed by atoms with E-state index in [1.807, 2.05) is 0 Å². The highest BCUT2D eigenvalue weighted by atomic mass is 32.2. The molecule has 134 valence electrons. The Kier molecular flexibility index (Phi) is 3.43. The molecule has 5 rings (SSSR count). The molecule has 0 aromatic rings. The number of aliphatic hydroxyl groups excluding tert-OH is 1. The fraction of sp³-hybridized carbons (Fsp3) is 0.909. The molecular formula is C22H34OS. The van der Waals surface area contributed by atoms with Crippen LogP contribution in [0, 0.1) is 34.5 Å². The van der Waals surface area contributed by atoms with Gasteiger partial charge in [0.25, 0.3) is 0 Å². The Hall–Kier alpha value is 0.0500. The predicted molar refractivity (Wildman–Crippen MR) is 102 cm³/mol. The molecular weight excluding hydrogens is 312 g/mol. The van der Waals surface area contributed by atoms with Gasteiger partial charge in [-0.2, -0.15) is 11.8 Å². The molecule has 8 atom stereocenters. The summed E-state index contributed by atoms with van der Waals surface area (Å²) in [4.78, 5) is 0. The van der Waals surface area contributed by atoms with Crippen LogP contribution >= 0.6 is 11.8 Å². The second-order valence-electron chi connectivity index (χ2n) is 10.4. The molecule has 0 radical (unpaired) electrons. The molecule has 2 heteroatoms. The fourth-order valence-electron chi connectivity index (χ4n) is 7.96. The lowest BCUT2D eigenvalue weighted by Crippen LogP contribution is -2.51. The van der Waals surface area contributed by atoms with E-state index in [1.54, 1.807) is 5.57 Å². The Morgan fingerprint density at radius 1 is 1.04 bits per heavy atom. The Morgan fingerprint density at radius 2 is 1.83 bits per heavy atom. The van der Waals surface area contributed by atoms with Crippen LogP contribution in [0.15, 0.2) is 11.6 Å². The van der Waals surface area contributed by atoms with E-state index in [0.717, 1.165) is 36.5 Å². The Labute approximate surface area is 152 Å². The van der Waals surface area contributed by atoms with E-state index >= 15 is 0 Å². The quantitative estimate of drug-likeness (QED) is 0.504. The zero-order chi connectivity index (χ0) is 16.7. The standard InChI is InChI=1S/C22H34OS/c1-20-10-8-15(23)12-14(20)4-5-16-17-6-7-19(22(3)13-24-22)21(17,2)11-9-18(16)20/h4,15-19,23H,5-13H2,1-3H3/t15-,16+,17-,18-,19-,20+,21+,22-/m1/s1. The minimum absolute atomic E-state index is 0.0718. The summed E-state index contributed by atoms with van der Waals surface area (Å²) >= 11 is 2.23. The summed E-state index contributed by atoms with van der Waals surface area (Å²) < 4.78 is 0.616. The molecule has 1 saturated heterocycles. The van der Waals surface area contributed by atoms with E-state index in [4.69, 9.17) is 0 Å². The molecule has 0 amide bonds. The Bertz CT molecular complexity index is 579. The van der Waals surface area contributed by atoms with Crippen LogP contribution in [0.1, 0.15) is 72.1 Å². The van der Waals surface area contributed by atoms with Crippen LogP contribution < -0.4 is 0 Å². The van der Waals surface area contributed by atoms with Gasteiger partial charge >= 0.3 is 0 Å². The maximum atomic E-state index is 10.1. The summed E-state index contributed by atoms with van der Waals surface area (Å²) in [5.74, 6) is 5.15. The highest BCUT2D eigenvalue weighted by molar-refractivity contribution is 8.07. The lowest BCUT2D eigenvalue weighted by Gasteiger charge is -2.58. The summed E-state index contributed by atoms with van der Waals surface area (Å²) in [5.41, 5.74) is 2.63. The van der Waals surface area contributed by atoms with Crippen LogP contribution in [-0.2, 0) is 0 Å². The van der Waals surface area contributed by atoms with Crippen LogP contribution in [0.2, 0.25) is 0 Å². The second kappa shape index (κ2) is 5.06. The third kappa shape index (κ3) is 2.05. The van der Waals surface area contributed by atoms with Crippen molar-refractivity contribution in [3.8, 4) is 0 Å². The molecule has 0 bridgehead atoms. The number of hydrogen-bond acceptors (Lipinski definition) is 2. The lowest BCUT2D eigenvalue weighted by atomic mass is 9.47. The van der Waals surface area contributed by atoms with Crippen LogP contribution in [0.3, 0.4) is 0 Å². The average molecular weight is 347 g/mol. The number of rotatable bonds is 1. The van der Waals surface area contributed by atoms with Crippen molar-refractivity contribution in [2.75, 3.05) is 5.75 Å². The number of fused-ring (bicyclic) bond motifs is 5. The summed E-state index contributed by atoms with van der Waals surface area (Å²) in [6, 6.07) is 0. The lowest BCUT2D eigenvalue weighted by molar-refractivity contribution is -0.0518. The van der Waals surface area contributed by atoms with E-state index in [-0.39, 0.29) is 6.10 Å². The van der Waals surface area contributed by atoms with Crippen LogP contribution in [0.25, 0.3) is 0 Å². The SMILES string of the molecule is C[C@]12CC[C@@H]3[C@@H](CC=C4C[C@H](O)CC[C@@]43C)[C@H]1CC[C@H]2[C@@]1(C)CS1. The third-order valence-electron chi connectivity index (χ3n) is 9.41. The molecule has 1 nitrogen and oxygen atoms in total. The average Bonchev–Trinajstić information content (AvgIpc) is 3.17. The summed E-state index contributed by atoms with van der Waals surface area (Å²) in [6.07, 6.45) is 12.9. The highest BCUT2D eigenvalue weighted by Gasteiger charge is 2.63. The number of allylic oxidation sites excluding steroid dienone is 1. The van der Waals surface area contributed by atoms with Gasteiger partial charge in [-0.3, -0.25) is 0 Å². The van der Waals surface area contributed by atoms with Gasteiger partial charge in [0.15, 0.2) is 0 Å². The van der Waals surface area contributed by atoms with Crippen molar-refractivity contribution in [2.45, 2.75) is 83.0 Å². The first-order valence-corrected chi connectivity index (χ1v) is 11.4. The van der Waals surface area contributed by atoms with E-state index < -0.39 is 0 Å². The molecule has 0 aromatic heterocycles.